The van der Waals surface area contributed by atoms with Crippen LogP contribution in [0.1, 0.15) is 11.6 Å². The molecule has 7 aromatic carbocycles. The lowest BCUT2D eigenvalue weighted by Gasteiger charge is -2.13. The molecule has 208 valence electrons. The number of benzene rings is 7. The van der Waals surface area contributed by atoms with Crippen molar-refractivity contribution >= 4 is 64.9 Å². The molecule has 2 heterocycles. The van der Waals surface area contributed by atoms with Crippen molar-refractivity contribution in [3.8, 4) is 11.3 Å². The van der Waals surface area contributed by atoms with Crippen LogP contribution in [0.25, 0.3) is 76.2 Å². The molecule has 0 N–H and O–H groups in total. The van der Waals surface area contributed by atoms with Gasteiger partial charge in [0.25, 0.3) is 0 Å². The number of aryl methyl sites for hydroxylation is 2. The Balaban J connectivity index is 0.000000136. The fourth-order valence-corrected chi connectivity index (χ4v) is 6.44. The molecule has 0 unspecified atom stereocenters. The standard InChI is InChI=1S/C23H16N2.C17H12N2/c1-15-24-22(16-9-3-2-4-10-16)21-19-13-7-5-11-17(19)18-12-6-8-14-20(18)23(21)25-15;1-11-18-10-16-14-8-3-2-6-12(14)13-7-4-5-9-15(13)17(16)19-11/h2-14H,1H3;2-10H,1H3. The number of nitrogens with zero attached hydrogens (tertiary/aromatic N) is 4. The first kappa shape index (κ1) is 25.9. The summed E-state index contributed by atoms with van der Waals surface area (Å²) in [6, 6.07) is 44.3. The van der Waals surface area contributed by atoms with Crippen LogP contribution in [-0.4, -0.2) is 19.9 Å². The molecule has 0 bridgehead atoms. The van der Waals surface area contributed by atoms with Crippen LogP contribution in [0.15, 0.2) is 134 Å². The van der Waals surface area contributed by atoms with Crippen LogP contribution < -0.4 is 0 Å². The topological polar surface area (TPSA) is 51.6 Å². The molecule has 9 aromatic rings. The predicted octanol–water partition coefficient (Wildman–Crippen LogP) is 10.2. The van der Waals surface area contributed by atoms with Gasteiger partial charge in [-0.05, 0) is 46.2 Å². The van der Waals surface area contributed by atoms with Crippen molar-refractivity contribution in [1.29, 1.82) is 0 Å². The summed E-state index contributed by atoms with van der Waals surface area (Å²) in [5.74, 6) is 1.61. The Labute approximate surface area is 254 Å². The number of hydrogen-bond donors (Lipinski definition) is 0. The van der Waals surface area contributed by atoms with E-state index in [0.29, 0.717) is 0 Å². The van der Waals surface area contributed by atoms with E-state index >= 15 is 0 Å². The highest BCUT2D eigenvalue weighted by Crippen LogP contribution is 2.38. The van der Waals surface area contributed by atoms with E-state index in [1.807, 2.05) is 26.1 Å². The molecule has 0 aliphatic heterocycles. The number of hydrogen-bond acceptors (Lipinski definition) is 4. The van der Waals surface area contributed by atoms with Gasteiger partial charge in [0.2, 0.25) is 0 Å². The lowest BCUT2D eigenvalue weighted by Crippen LogP contribution is -1.96. The average molecular weight is 565 g/mol. The largest absolute Gasteiger partial charge is 0.241 e. The van der Waals surface area contributed by atoms with Gasteiger partial charge in [0.05, 0.1) is 16.7 Å². The summed E-state index contributed by atoms with van der Waals surface area (Å²) in [5, 5.41) is 12.1. The second-order valence-electron chi connectivity index (χ2n) is 11.1. The zero-order valence-corrected chi connectivity index (χ0v) is 24.5. The molecular weight excluding hydrogens is 536 g/mol. The summed E-state index contributed by atoms with van der Waals surface area (Å²) in [5.41, 5.74) is 4.20. The Morgan fingerprint density at radius 3 is 1.41 bits per heavy atom. The van der Waals surface area contributed by atoms with Crippen molar-refractivity contribution in [2.24, 2.45) is 0 Å². The van der Waals surface area contributed by atoms with E-state index in [9.17, 15) is 0 Å². The second-order valence-corrected chi connectivity index (χ2v) is 11.1. The highest BCUT2D eigenvalue weighted by atomic mass is 14.9. The summed E-state index contributed by atoms with van der Waals surface area (Å²) in [4.78, 5) is 18.6. The lowest BCUT2D eigenvalue weighted by atomic mass is 9.94. The molecule has 0 amide bonds. The summed E-state index contributed by atoms with van der Waals surface area (Å²) in [6.07, 6.45) is 1.94. The van der Waals surface area contributed by atoms with E-state index in [1.54, 1.807) is 0 Å². The Kier molecular flexibility index (Phi) is 6.20. The van der Waals surface area contributed by atoms with E-state index in [0.717, 1.165) is 44.7 Å². The Morgan fingerprint density at radius 1 is 0.364 bits per heavy atom. The third kappa shape index (κ3) is 4.23. The summed E-state index contributed by atoms with van der Waals surface area (Å²) >= 11 is 0. The van der Waals surface area contributed by atoms with Crippen molar-refractivity contribution in [3.63, 3.8) is 0 Å². The van der Waals surface area contributed by atoms with Crippen LogP contribution in [0.5, 0.6) is 0 Å². The van der Waals surface area contributed by atoms with Gasteiger partial charge in [0.15, 0.2) is 0 Å². The van der Waals surface area contributed by atoms with Gasteiger partial charge in [0.1, 0.15) is 11.6 Å². The van der Waals surface area contributed by atoms with Gasteiger partial charge in [-0.3, -0.25) is 0 Å². The zero-order valence-electron chi connectivity index (χ0n) is 24.5. The molecule has 0 saturated carbocycles. The molecule has 4 nitrogen and oxygen atoms in total. The van der Waals surface area contributed by atoms with Crippen LogP contribution in [0.3, 0.4) is 0 Å². The van der Waals surface area contributed by atoms with Gasteiger partial charge >= 0.3 is 0 Å². The third-order valence-corrected chi connectivity index (χ3v) is 8.34. The van der Waals surface area contributed by atoms with Crippen LogP contribution in [0.4, 0.5) is 0 Å². The summed E-state index contributed by atoms with van der Waals surface area (Å²) in [7, 11) is 0. The van der Waals surface area contributed by atoms with Gasteiger partial charge in [-0.25, -0.2) is 19.9 Å². The number of rotatable bonds is 1. The minimum atomic E-state index is 0.798. The van der Waals surface area contributed by atoms with Gasteiger partial charge in [0, 0.05) is 33.3 Å². The van der Waals surface area contributed by atoms with E-state index in [-0.39, 0.29) is 0 Å². The van der Waals surface area contributed by atoms with Gasteiger partial charge in [-0.2, -0.15) is 0 Å². The maximum Gasteiger partial charge on any atom is 0.126 e. The lowest BCUT2D eigenvalue weighted by molar-refractivity contribution is 1.10. The first-order valence-corrected chi connectivity index (χ1v) is 14.8. The highest BCUT2D eigenvalue weighted by Gasteiger charge is 2.15. The van der Waals surface area contributed by atoms with Gasteiger partial charge in [-0.15, -0.1) is 0 Å². The minimum absolute atomic E-state index is 0.798. The molecule has 0 fully saturated rings. The van der Waals surface area contributed by atoms with Crippen LogP contribution in [0, 0.1) is 13.8 Å². The monoisotopic (exact) mass is 564 g/mol. The summed E-state index contributed by atoms with van der Waals surface area (Å²) in [6.45, 7) is 3.90. The quantitative estimate of drug-likeness (QED) is 0.186. The zero-order chi connectivity index (χ0) is 29.6. The smallest absolute Gasteiger partial charge is 0.126 e. The molecule has 2 aromatic heterocycles. The minimum Gasteiger partial charge on any atom is -0.241 e. The summed E-state index contributed by atoms with van der Waals surface area (Å²) < 4.78 is 0. The molecule has 0 aliphatic rings. The Bertz CT molecular complexity index is 2480. The van der Waals surface area contributed by atoms with Crippen molar-refractivity contribution in [3.05, 3.63) is 145 Å². The van der Waals surface area contributed by atoms with Crippen molar-refractivity contribution < 1.29 is 0 Å². The second kappa shape index (κ2) is 10.5. The molecule has 0 atom stereocenters. The average Bonchev–Trinajstić information content (AvgIpc) is 3.09. The SMILES string of the molecule is Cc1nc(-c2ccccc2)c2c3ccccc3c3ccccc3c2n1.Cc1ncc2c3ccccc3c3ccccc3c2n1. The maximum absolute atomic E-state index is 4.83. The fourth-order valence-electron chi connectivity index (χ4n) is 6.44. The fraction of sp³-hybridized carbons (Fsp3) is 0.0500. The van der Waals surface area contributed by atoms with E-state index in [1.165, 1.54) is 43.1 Å². The first-order chi connectivity index (χ1) is 21.7. The van der Waals surface area contributed by atoms with E-state index in [4.69, 9.17) is 9.97 Å². The van der Waals surface area contributed by atoms with E-state index < -0.39 is 0 Å². The molecule has 0 saturated heterocycles. The molecule has 9 rings (SSSR count). The predicted molar refractivity (Wildman–Crippen MR) is 184 cm³/mol. The number of fused-ring (bicyclic) bond motifs is 12. The van der Waals surface area contributed by atoms with Gasteiger partial charge in [-0.1, -0.05) is 127 Å². The normalized spacial score (nSPS) is 11.4. The molecule has 4 heteroatoms. The number of aromatic nitrogens is 4. The van der Waals surface area contributed by atoms with Crippen molar-refractivity contribution in [2.45, 2.75) is 13.8 Å². The van der Waals surface area contributed by atoms with Gasteiger partial charge < -0.3 is 0 Å². The van der Waals surface area contributed by atoms with Crippen LogP contribution in [-0.2, 0) is 0 Å². The van der Waals surface area contributed by atoms with E-state index in [2.05, 4.69) is 131 Å². The highest BCUT2D eigenvalue weighted by molar-refractivity contribution is 6.27. The molecule has 0 spiro atoms. The molecular formula is C40H28N4. The molecule has 44 heavy (non-hydrogen) atoms. The Morgan fingerprint density at radius 2 is 0.795 bits per heavy atom. The molecule has 0 aliphatic carbocycles. The van der Waals surface area contributed by atoms with Crippen molar-refractivity contribution in [2.75, 3.05) is 0 Å². The third-order valence-electron chi connectivity index (χ3n) is 8.34. The van der Waals surface area contributed by atoms with Crippen LogP contribution in [0.2, 0.25) is 0 Å². The first-order valence-electron chi connectivity index (χ1n) is 14.8. The van der Waals surface area contributed by atoms with Crippen molar-refractivity contribution in [1.82, 2.24) is 19.9 Å². The van der Waals surface area contributed by atoms with Crippen LogP contribution >= 0.6 is 0 Å². The Hall–Kier alpha value is -5.74. The maximum atomic E-state index is 4.83. The molecule has 0 radical (unpaired) electrons.